The van der Waals surface area contributed by atoms with Crippen LogP contribution >= 0.6 is 0 Å². The minimum atomic E-state index is -0.215. The maximum Gasteiger partial charge on any atom is 0.314 e. The molecule has 1 rings (SSSR count). The van der Waals surface area contributed by atoms with Crippen molar-refractivity contribution in [2.45, 2.75) is 32.7 Å². The summed E-state index contributed by atoms with van der Waals surface area (Å²) in [5.41, 5.74) is 0.955. The van der Waals surface area contributed by atoms with Crippen LogP contribution in [0, 0.1) is 5.82 Å². The van der Waals surface area contributed by atoms with Crippen LogP contribution in [-0.2, 0) is 6.42 Å². The molecule has 0 saturated carbocycles. The average Bonchev–Trinajstić information content (AvgIpc) is 2.23. The van der Waals surface area contributed by atoms with Crippen LogP contribution in [0.2, 0.25) is 0 Å². The van der Waals surface area contributed by atoms with E-state index in [0.29, 0.717) is 6.54 Å². The van der Waals surface area contributed by atoms with Gasteiger partial charge in [0.2, 0.25) is 0 Å². The van der Waals surface area contributed by atoms with Gasteiger partial charge in [-0.1, -0.05) is 12.1 Å². The molecule has 2 amide bonds. The second-order valence-electron chi connectivity index (χ2n) is 4.29. The molecule has 0 fully saturated rings. The van der Waals surface area contributed by atoms with Crippen LogP contribution in [0.15, 0.2) is 24.3 Å². The fraction of sp³-hybridized carbons (Fsp3) is 0.462. The Morgan fingerprint density at radius 3 is 2.82 bits per heavy atom. The largest absolute Gasteiger partial charge is 0.338 e. The number of benzene rings is 1. The summed E-state index contributed by atoms with van der Waals surface area (Å²) in [7, 11) is 0. The number of aryl methyl sites for hydroxylation is 1. The van der Waals surface area contributed by atoms with Crippen LogP contribution in [-0.4, -0.2) is 18.6 Å². The minimum Gasteiger partial charge on any atom is -0.338 e. The SMILES string of the molecule is CC(C)NC(=O)NCCCc1cccc(F)c1. The van der Waals surface area contributed by atoms with E-state index in [4.69, 9.17) is 0 Å². The van der Waals surface area contributed by atoms with Gasteiger partial charge in [-0.3, -0.25) is 0 Å². The summed E-state index contributed by atoms with van der Waals surface area (Å²) < 4.78 is 12.9. The van der Waals surface area contributed by atoms with Crippen molar-refractivity contribution in [1.82, 2.24) is 10.6 Å². The third-order valence-electron chi connectivity index (χ3n) is 2.24. The van der Waals surface area contributed by atoms with Crippen LogP contribution in [0.5, 0.6) is 0 Å². The third kappa shape index (κ3) is 5.90. The van der Waals surface area contributed by atoms with E-state index in [1.165, 1.54) is 12.1 Å². The van der Waals surface area contributed by atoms with Gasteiger partial charge < -0.3 is 10.6 Å². The van der Waals surface area contributed by atoms with Gasteiger partial charge in [-0.2, -0.15) is 0 Å². The van der Waals surface area contributed by atoms with E-state index in [1.54, 1.807) is 6.07 Å². The van der Waals surface area contributed by atoms with E-state index in [0.717, 1.165) is 18.4 Å². The standard InChI is InChI=1S/C13H19FN2O/c1-10(2)16-13(17)15-8-4-6-11-5-3-7-12(14)9-11/h3,5,7,9-10H,4,6,8H2,1-2H3,(H2,15,16,17). The topological polar surface area (TPSA) is 41.1 Å². The summed E-state index contributed by atoms with van der Waals surface area (Å²) in [5, 5.41) is 5.50. The Morgan fingerprint density at radius 1 is 1.41 bits per heavy atom. The van der Waals surface area contributed by atoms with Gasteiger partial charge in [0, 0.05) is 12.6 Å². The molecule has 0 aromatic heterocycles. The molecular weight excluding hydrogens is 219 g/mol. The van der Waals surface area contributed by atoms with Gasteiger partial charge in [0.1, 0.15) is 5.82 Å². The summed E-state index contributed by atoms with van der Waals surface area (Å²) in [5.74, 6) is -0.215. The number of hydrogen-bond donors (Lipinski definition) is 2. The van der Waals surface area contributed by atoms with E-state index in [9.17, 15) is 9.18 Å². The molecule has 1 aromatic carbocycles. The van der Waals surface area contributed by atoms with Crippen LogP contribution < -0.4 is 10.6 Å². The summed E-state index contributed by atoms with van der Waals surface area (Å²) in [6.07, 6.45) is 1.56. The molecule has 0 spiro atoms. The quantitative estimate of drug-likeness (QED) is 0.760. The Morgan fingerprint density at radius 2 is 2.18 bits per heavy atom. The molecule has 0 aliphatic carbocycles. The van der Waals surface area contributed by atoms with Crippen molar-refractivity contribution in [2.75, 3.05) is 6.54 Å². The first-order chi connectivity index (χ1) is 8.08. The smallest absolute Gasteiger partial charge is 0.314 e. The Labute approximate surface area is 101 Å². The van der Waals surface area contributed by atoms with Crippen LogP contribution in [0.25, 0.3) is 0 Å². The number of hydrogen-bond acceptors (Lipinski definition) is 1. The van der Waals surface area contributed by atoms with Gasteiger partial charge in [-0.15, -0.1) is 0 Å². The van der Waals surface area contributed by atoms with Crippen molar-refractivity contribution in [3.8, 4) is 0 Å². The molecule has 4 heteroatoms. The molecule has 0 heterocycles. The molecule has 0 atom stereocenters. The first-order valence-corrected chi connectivity index (χ1v) is 5.86. The highest BCUT2D eigenvalue weighted by Gasteiger charge is 2.01. The number of nitrogens with one attached hydrogen (secondary N) is 2. The van der Waals surface area contributed by atoms with Gasteiger partial charge in [-0.25, -0.2) is 9.18 Å². The Kier molecular flexibility index (Phi) is 5.46. The van der Waals surface area contributed by atoms with Gasteiger partial charge in [0.15, 0.2) is 0 Å². The second kappa shape index (κ2) is 6.89. The monoisotopic (exact) mass is 238 g/mol. The lowest BCUT2D eigenvalue weighted by Crippen LogP contribution is -2.39. The zero-order chi connectivity index (χ0) is 12.7. The highest BCUT2D eigenvalue weighted by Crippen LogP contribution is 2.05. The summed E-state index contributed by atoms with van der Waals surface area (Å²) in [6.45, 7) is 4.41. The number of halogens is 1. The Balaban J connectivity index is 2.18. The highest BCUT2D eigenvalue weighted by atomic mass is 19.1. The molecule has 0 aliphatic heterocycles. The number of rotatable bonds is 5. The summed E-state index contributed by atoms with van der Waals surface area (Å²) in [4.78, 5) is 11.2. The van der Waals surface area contributed by atoms with E-state index in [1.807, 2.05) is 19.9 Å². The Bertz CT molecular complexity index is 366. The lowest BCUT2D eigenvalue weighted by molar-refractivity contribution is 0.238. The van der Waals surface area contributed by atoms with Crippen molar-refractivity contribution in [3.63, 3.8) is 0 Å². The highest BCUT2D eigenvalue weighted by molar-refractivity contribution is 5.73. The van der Waals surface area contributed by atoms with Crippen molar-refractivity contribution >= 4 is 6.03 Å². The second-order valence-corrected chi connectivity index (χ2v) is 4.29. The van der Waals surface area contributed by atoms with Crippen molar-refractivity contribution in [2.24, 2.45) is 0 Å². The van der Waals surface area contributed by atoms with Crippen molar-refractivity contribution in [3.05, 3.63) is 35.6 Å². The predicted molar refractivity (Wildman–Crippen MR) is 66.4 cm³/mol. The molecule has 0 unspecified atom stereocenters. The van der Waals surface area contributed by atoms with Crippen LogP contribution in [0.1, 0.15) is 25.8 Å². The van der Waals surface area contributed by atoms with Crippen molar-refractivity contribution < 1.29 is 9.18 Å². The summed E-state index contributed by atoms with van der Waals surface area (Å²) >= 11 is 0. The third-order valence-corrected chi connectivity index (χ3v) is 2.24. The van der Waals surface area contributed by atoms with Gasteiger partial charge in [-0.05, 0) is 44.4 Å². The first-order valence-electron chi connectivity index (χ1n) is 5.86. The van der Waals surface area contributed by atoms with Gasteiger partial charge >= 0.3 is 6.03 Å². The molecular formula is C13H19FN2O. The lowest BCUT2D eigenvalue weighted by atomic mass is 10.1. The van der Waals surface area contributed by atoms with Crippen LogP contribution in [0.4, 0.5) is 9.18 Å². The molecule has 0 bridgehead atoms. The first kappa shape index (κ1) is 13.5. The number of urea groups is 1. The van der Waals surface area contributed by atoms with E-state index in [-0.39, 0.29) is 17.9 Å². The molecule has 3 nitrogen and oxygen atoms in total. The predicted octanol–water partition coefficient (Wildman–Crippen LogP) is 2.47. The molecule has 0 aliphatic rings. The zero-order valence-electron chi connectivity index (χ0n) is 10.3. The fourth-order valence-corrected chi connectivity index (χ4v) is 1.50. The maximum absolute atomic E-state index is 12.9. The summed E-state index contributed by atoms with van der Waals surface area (Å²) in [6, 6.07) is 6.52. The number of carbonyl (C=O) groups is 1. The molecule has 1 aromatic rings. The number of carbonyl (C=O) groups excluding carboxylic acids is 1. The number of amides is 2. The van der Waals surface area contributed by atoms with Crippen LogP contribution in [0.3, 0.4) is 0 Å². The van der Waals surface area contributed by atoms with Crippen molar-refractivity contribution in [1.29, 1.82) is 0 Å². The molecule has 2 N–H and O–H groups in total. The molecule has 0 radical (unpaired) electrons. The van der Waals surface area contributed by atoms with Gasteiger partial charge in [0.05, 0.1) is 0 Å². The molecule has 94 valence electrons. The van der Waals surface area contributed by atoms with E-state index >= 15 is 0 Å². The fourth-order valence-electron chi connectivity index (χ4n) is 1.50. The molecule has 0 saturated heterocycles. The van der Waals surface area contributed by atoms with Gasteiger partial charge in [0.25, 0.3) is 0 Å². The lowest BCUT2D eigenvalue weighted by Gasteiger charge is -2.09. The maximum atomic E-state index is 12.9. The normalized spacial score (nSPS) is 10.4. The molecule has 17 heavy (non-hydrogen) atoms. The zero-order valence-corrected chi connectivity index (χ0v) is 10.3. The Hall–Kier alpha value is -1.58. The van der Waals surface area contributed by atoms with E-state index < -0.39 is 0 Å². The minimum absolute atomic E-state index is 0.137. The average molecular weight is 238 g/mol. The van der Waals surface area contributed by atoms with E-state index in [2.05, 4.69) is 10.6 Å².